The van der Waals surface area contributed by atoms with E-state index in [0.29, 0.717) is 31.1 Å². The number of nitrogens with zero attached hydrogens (tertiary/aromatic N) is 2. The fraction of sp³-hybridized carbons (Fsp3) is 0.500. The molecule has 0 spiro atoms. The van der Waals surface area contributed by atoms with Crippen molar-refractivity contribution in [1.29, 1.82) is 0 Å². The highest BCUT2D eigenvalue weighted by atomic mass is 79.9. The van der Waals surface area contributed by atoms with Crippen molar-refractivity contribution in [2.75, 3.05) is 39.2 Å². The molecule has 0 aliphatic rings. The Morgan fingerprint density at radius 2 is 2.33 bits per heavy atom. The molecule has 0 saturated heterocycles. The molecule has 0 radical (unpaired) electrons. The molecule has 1 N–H and O–H groups in total. The van der Waals surface area contributed by atoms with E-state index < -0.39 is 0 Å². The van der Waals surface area contributed by atoms with E-state index in [2.05, 4.69) is 26.2 Å². The number of halogens is 1. The van der Waals surface area contributed by atoms with Crippen LogP contribution in [0.3, 0.4) is 0 Å². The van der Waals surface area contributed by atoms with Gasteiger partial charge in [-0.15, -0.1) is 0 Å². The van der Waals surface area contributed by atoms with Crippen LogP contribution < -0.4 is 5.32 Å². The number of amides is 1. The Morgan fingerprint density at radius 3 is 2.94 bits per heavy atom. The van der Waals surface area contributed by atoms with Gasteiger partial charge in [0.2, 0.25) is 0 Å². The quantitative estimate of drug-likeness (QED) is 0.816. The molecular formula is C12H18BrN3O2. The number of anilines is 1. The molecule has 0 aliphatic carbocycles. The summed E-state index contributed by atoms with van der Waals surface area (Å²) in [7, 11) is 3.49. The van der Waals surface area contributed by atoms with E-state index in [-0.39, 0.29) is 5.91 Å². The Labute approximate surface area is 116 Å². The summed E-state index contributed by atoms with van der Waals surface area (Å²) in [6, 6.07) is 1.76. The van der Waals surface area contributed by atoms with E-state index in [1.807, 2.05) is 6.92 Å². The van der Waals surface area contributed by atoms with Crippen molar-refractivity contribution >= 4 is 27.7 Å². The second-order valence-electron chi connectivity index (χ2n) is 3.72. The maximum absolute atomic E-state index is 12.2. The molecule has 0 aromatic carbocycles. The summed E-state index contributed by atoms with van der Waals surface area (Å²) < 4.78 is 6.02. The van der Waals surface area contributed by atoms with Crippen molar-refractivity contribution in [2.45, 2.75) is 6.92 Å². The van der Waals surface area contributed by atoms with Crippen LogP contribution in [0.2, 0.25) is 0 Å². The molecular weight excluding hydrogens is 298 g/mol. The average molecular weight is 316 g/mol. The minimum Gasteiger partial charge on any atom is -0.380 e. The Bertz CT molecular complexity index is 412. The van der Waals surface area contributed by atoms with E-state index in [9.17, 15) is 4.79 Å². The number of hydrogen-bond donors (Lipinski definition) is 1. The lowest BCUT2D eigenvalue weighted by Gasteiger charge is -2.18. The summed E-state index contributed by atoms with van der Waals surface area (Å²) in [5, 5.41) is 2.92. The molecule has 0 aliphatic heterocycles. The van der Waals surface area contributed by atoms with Crippen LogP contribution in [0.25, 0.3) is 0 Å². The molecule has 5 nitrogen and oxygen atoms in total. The zero-order valence-electron chi connectivity index (χ0n) is 10.9. The number of pyridine rings is 1. The highest BCUT2D eigenvalue weighted by Gasteiger charge is 2.16. The zero-order valence-corrected chi connectivity index (χ0v) is 12.5. The molecule has 0 atom stereocenters. The van der Waals surface area contributed by atoms with Gasteiger partial charge in [-0.3, -0.25) is 4.79 Å². The maximum atomic E-state index is 12.2. The molecule has 6 heteroatoms. The highest BCUT2D eigenvalue weighted by Crippen LogP contribution is 2.19. The summed E-state index contributed by atoms with van der Waals surface area (Å²) in [5.41, 5.74) is 0.547. The first-order chi connectivity index (χ1) is 8.60. The van der Waals surface area contributed by atoms with Crippen molar-refractivity contribution in [3.63, 3.8) is 0 Å². The van der Waals surface area contributed by atoms with Gasteiger partial charge in [-0.1, -0.05) is 0 Å². The number of rotatable bonds is 6. The Hall–Kier alpha value is -1.14. The number of ether oxygens (including phenoxy) is 1. The summed E-state index contributed by atoms with van der Waals surface area (Å²) in [5.74, 6) is 0.499. The number of carbonyl (C=O) groups excluding carboxylic acids is 1. The minimum atomic E-state index is -0.0761. The third-order valence-corrected chi connectivity index (χ3v) is 2.88. The lowest BCUT2D eigenvalue weighted by Crippen LogP contribution is -2.30. The lowest BCUT2D eigenvalue weighted by molar-refractivity contribution is 0.0710. The smallest absolute Gasteiger partial charge is 0.257 e. The van der Waals surface area contributed by atoms with E-state index >= 15 is 0 Å². The van der Waals surface area contributed by atoms with Gasteiger partial charge < -0.3 is 15.0 Å². The minimum absolute atomic E-state index is 0.0761. The lowest BCUT2D eigenvalue weighted by atomic mass is 10.2. The van der Waals surface area contributed by atoms with Crippen LogP contribution in [0, 0.1) is 0 Å². The van der Waals surface area contributed by atoms with Gasteiger partial charge in [0, 0.05) is 37.9 Å². The first-order valence-corrected chi connectivity index (χ1v) is 6.56. The number of hydrogen-bond acceptors (Lipinski definition) is 4. The van der Waals surface area contributed by atoms with Crippen LogP contribution in [-0.4, -0.2) is 49.6 Å². The molecule has 1 rings (SSSR count). The Morgan fingerprint density at radius 1 is 1.61 bits per heavy atom. The second kappa shape index (κ2) is 7.33. The molecule has 1 amide bonds. The van der Waals surface area contributed by atoms with Crippen molar-refractivity contribution in [3.8, 4) is 0 Å². The van der Waals surface area contributed by atoms with Gasteiger partial charge in [0.15, 0.2) is 0 Å². The fourth-order valence-corrected chi connectivity index (χ4v) is 1.79. The first-order valence-electron chi connectivity index (χ1n) is 5.76. The molecule has 0 unspecified atom stereocenters. The predicted octanol–water partition coefficient (Wildman–Crippen LogP) is 1.99. The van der Waals surface area contributed by atoms with Crippen molar-refractivity contribution in [1.82, 2.24) is 9.88 Å². The van der Waals surface area contributed by atoms with Gasteiger partial charge in [-0.25, -0.2) is 4.98 Å². The highest BCUT2D eigenvalue weighted by molar-refractivity contribution is 9.10. The third kappa shape index (κ3) is 3.96. The van der Waals surface area contributed by atoms with Gasteiger partial charge in [0.1, 0.15) is 5.82 Å². The van der Waals surface area contributed by atoms with Crippen molar-refractivity contribution in [3.05, 3.63) is 22.3 Å². The number of nitrogens with one attached hydrogen (secondary N) is 1. The molecule has 18 heavy (non-hydrogen) atoms. The van der Waals surface area contributed by atoms with Crippen molar-refractivity contribution in [2.24, 2.45) is 0 Å². The van der Waals surface area contributed by atoms with E-state index in [4.69, 9.17) is 4.74 Å². The topological polar surface area (TPSA) is 54.5 Å². The number of carbonyl (C=O) groups is 1. The van der Waals surface area contributed by atoms with Gasteiger partial charge in [-0.2, -0.15) is 0 Å². The van der Waals surface area contributed by atoms with Gasteiger partial charge >= 0.3 is 0 Å². The van der Waals surface area contributed by atoms with Gasteiger partial charge in [0.25, 0.3) is 5.91 Å². The van der Waals surface area contributed by atoms with E-state index in [1.54, 1.807) is 31.3 Å². The van der Waals surface area contributed by atoms with Crippen LogP contribution in [0.15, 0.2) is 16.7 Å². The maximum Gasteiger partial charge on any atom is 0.257 e. The molecule has 100 valence electrons. The molecule has 1 heterocycles. The third-order valence-electron chi connectivity index (χ3n) is 2.44. The van der Waals surface area contributed by atoms with Crippen LogP contribution in [0.5, 0.6) is 0 Å². The summed E-state index contributed by atoms with van der Waals surface area (Å²) >= 11 is 3.32. The van der Waals surface area contributed by atoms with Gasteiger partial charge in [-0.05, 0) is 28.9 Å². The summed E-state index contributed by atoms with van der Waals surface area (Å²) in [6.07, 6.45) is 1.66. The zero-order chi connectivity index (χ0) is 13.5. The summed E-state index contributed by atoms with van der Waals surface area (Å²) in [6.45, 7) is 3.68. The standard InChI is InChI=1S/C12H18BrN3O2/c1-4-18-6-5-16(3)12(17)10-7-9(13)8-15-11(10)14-2/h7-8H,4-6H2,1-3H3,(H,14,15). The molecule has 0 saturated carbocycles. The largest absolute Gasteiger partial charge is 0.380 e. The van der Waals surface area contributed by atoms with E-state index in [0.717, 1.165) is 4.47 Å². The molecule has 1 aromatic heterocycles. The SMILES string of the molecule is CCOCCN(C)C(=O)c1cc(Br)cnc1NC. The number of aromatic nitrogens is 1. The number of likely N-dealkylation sites (N-methyl/N-ethyl adjacent to an activating group) is 1. The first kappa shape index (κ1) is 14.9. The van der Waals surface area contributed by atoms with E-state index in [1.165, 1.54) is 0 Å². The van der Waals surface area contributed by atoms with Crippen LogP contribution in [-0.2, 0) is 4.74 Å². The predicted molar refractivity (Wildman–Crippen MR) is 74.9 cm³/mol. The van der Waals surface area contributed by atoms with Crippen LogP contribution in [0.4, 0.5) is 5.82 Å². The fourth-order valence-electron chi connectivity index (χ4n) is 1.45. The summed E-state index contributed by atoms with van der Waals surface area (Å²) in [4.78, 5) is 18.0. The Balaban J connectivity index is 2.79. The molecule has 1 aromatic rings. The van der Waals surface area contributed by atoms with Crippen LogP contribution >= 0.6 is 15.9 Å². The van der Waals surface area contributed by atoms with Gasteiger partial charge in [0.05, 0.1) is 12.2 Å². The average Bonchev–Trinajstić information content (AvgIpc) is 2.38. The molecule has 0 bridgehead atoms. The normalized spacial score (nSPS) is 10.2. The monoisotopic (exact) mass is 315 g/mol. The second-order valence-corrected chi connectivity index (χ2v) is 4.64. The van der Waals surface area contributed by atoms with Crippen molar-refractivity contribution < 1.29 is 9.53 Å². The van der Waals surface area contributed by atoms with Crippen LogP contribution in [0.1, 0.15) is 17.3 Å². The Kier molecular flexibility index (Phi) is 6.07. The molecule has 0 fully saturated rings.